The molecular formula is C16H13N3O2. The molecule has 0 fully saturated rings. The van der Waals surface area contributed by atoms with Crippen LogP contribution >= 0.6 is 0 Å². The molecule has 1 N–H and O–H groups in total. The van der Waals surface area contributed by atoms with Gasteiger partial charge in [-0.3, -0.25) is 4.79 Å². The van der Waals surface area contributed by atoms with Crippen molar-refractivity contribution in [1.29, 1.82) is 0 Å². The molecule has 0 atom stereocenters. The Hall–Kier alpha value is -2.95. The molecule has 0 amide bonds. The number of hydrogen-bond donors (Lipinski definition) is 1. The number of hydrogen-bond acceptors (Lipinski definition) is 4. The Morgan fingerprint density at radius 2 is 1.76 bits per heavy atom. The molecule has 3 aromatic rings. The maximum Gasteiger partial charge on any atom is 0.184 e. The SMILES string of the molecule is O=C(Cn1cc(-c2ccc(O)cc2)nn1)c1ccccc1. The van der Waals surface area contributed by atoms with Gasteiger partial charge in [0.2, 0.25) is 0 Å². The van der Waals surface area contributed by atoms with Gasteiger partial charge in [0.05, 0.1) is 6.20 Å². The van der Waals surface area contributed by atoms with Gasteiger partial charge >= 0.3 is 0 Å². The predicted molar refractivity (Wildman–Crippen MR) is 77.9 cm³/mol. The van der Waals surface area contributed by atoms with Crippen molar-refractivity contribution in [2.45, 2.75) is 6.54 Å². The average Bonchev–Trinajstić information content (AvgIpc) is 2.97. The van der Waals surface area contributed by atoms with Crippen molar-refractivity contribution in [1.82, 2.24) is 15.0 Å². The highest BCUT2D eigenvalue weighted by Crippen LogP contribution is 2.19. The fourth-order valence-electron chi connectivity index (χ4n) is 2.00. The van der Waals surface area contributed by atoms with Crippen molar-refractivity contribution >= 4 is 5.78 Å². The summed E-state index contributed by atoms with van der Waals surface area (Å²) in [6.45, 7) is 0.148. The highest BCUT2D eigenvalue weighted by Gasteiger charge is 2.09. The van der Waals surface area contributed by atoms with E-state index in [-0.39, 0.29) is 18.1 Å². The molecule has 0 saturated heterocycles. The number of aromatic hydroxyl groups is 1. The maximum atomic E-state index is 12.1. The third kappa shape index (κ3) is 2.97. The zero-order chi connectivity index (χ0) is 14.7. The second kappa shape index (κ2) is 5.58. The Kier molecular flexibility index (Phi) is 3.47. The lowest BCUT2D eigenvalue weighted by atomic mass is 10.1. The van der Waals surface area contributed by atoms with E-state index in [2.05, 4.69) is 10.3 Å². The molecule has 0 aliphatic rings. The van der Waals surface area contributed by atoms with Crippen LogP contribution < -0.4 is 0 Å². The van der Waals surface area contributed by atoms with Crippen LogP contribution in [0.3, 0.4) is 0 Å². The summed E-state index contributed by atoms with van der Waals surface area (Å²) in [4.78, 5) is 12.1. The van der Waals surface area contributed by atoms with E-state index in [4.69, 9.17) is 0 Å². The van der Waals surface area contributed by atoms with Gasteiger partial charge in [0.25, 0.3) is 0 Å². The third-order valence-corrected chi connectivity index (χ3v) is 3.10. The van der Waals surface area contributed by atoms with E-state index in [1.807, 2.05) is 18.2 Å². The third-order valence-electron chi connectivity index (χ3n) is 3.10. The normalized spacial score (nSPS) is 10.5. The van der Waals surface area contributed by atoms with E-state index in [1.165, 1.54) is 4.68 Å². The number of carbonyl (C=O) groups is 1. The van der Waals surface area contributed by atoms with E-state index >= 15 is 0 Å². The van der Waals surface area contributed by atoms with Gasteiger partial charge in [-0.25, -0.2) is 4.68 Å². The van der Waals surface area contributed by atoms with Crippen LogP contribution in [0.4, 0.5) is 0 Å². The minimum absolute atomic E-state index is 0.0160. The van der Waals surface area contributed by atoms with Crippen LogP contribution in [-0.4, -0.2) is 25.9 Å². The first-order valence-corrected chi connectivity index (χ1v) is 6.50. The fourth-order valence-corrected chi connectivity index (χ4v) is 2.00. The van der Waals surface area contributed by atoms with E-state index in [0.717, 1.165) is 5.56 Å². The molecular weight excluding hydrogens is 266 g/mol. The molecule has 0 radical (unpaired) electrons. The Labute approximate surface area is 121 Å². The van der Waals surface area contributed by atoms with Gasteiger partial charge in [0.1, 0.15) is 18.0 Å². The lowest BCUT2D eigenvalue weighted by Crippen LogP contribution is -2.10. The predicted octanol–water partition coefficient (Wildman–Crippen LogP) is 2.53. The molecule has 5 heteroatoms. The quantitative estimate of drug-likeness (QED) is 0.745. The number of ketones is 1. The standard InChI is InChI=1S/C16H13N3O2/c20-14-8-6-12(7-9-14)15-10-19(18-17-15)11-16(21)13-4-2-1-3-5-13/h1-10,20H,11H2. The number of Topliss-reactive ketones (excluding diaryl/α,β-unsaturated/α-hetero) is 1. The summed E-state index contributed by atoms with van der Waals surface area (Å²) in [6.07, 6.45) is 1.72. The molecule has 0 aliphatic heterocycles. The van der Waals surface area contributed by atoms with E-state index in [9.17, 15) is 9.90 Å². The number of nitrogens with zero attached hydrogens (tertiary/aromatic N) is 3. The second-order valence-corrected chi connectivity index (χ2v) is 4.64. The van der Waals surface area contributed by atoms with Crippen molar-refractivity contribution in [3.8, 4) is 17.0 Å². The van der Waals surface area contributed by atoms with Gasteiger partial charge in [0.15, 0.2) is 5.78 Å². The monoisotopic (exact) mass is 279 g/mol. The van der Waals surface area contributed by atoms with Crippen LogP contribution in [0.2, 0.25) is 0 Å². The number of phenols is 1. The molecule has 2 aromatic carbocycles. The molecule has 21 heavy (non-hydrogen) atoms. The topological polar surface area (TPSA) is 68.0 Å². The summed E-state index contributed by atoms with van der Waals surface area (Å²) in [7, 11) is 0. The average molecular weight is 279 g/mol. The van der Waals surface area contributed by atoms with Crippen molar-refractivity contribution in [2.75, 3.05) is 0 Å². The summed E-state index contributed by atoms with van der Waals surface area (Å²) in [6, 6.07) is 15.8. The fraction of sp³-hybridized carbons (Fsp3) is 0.0625. The number of carbonyl (C=O) groups excluding carboxylic acids is 1. The number of aromatic nitrogens is 3. The van der Waals surface area contributed by atoms with Crippen molar-refractivity contribution in [3.63, 3.8) is 0 Å². The summed E-state index contributed by atoms with van der Waals surface area (Å²) in [5, 5.41) is 17.3. The van der Waals surface area contributed by atoms with Crippen LogP contribution in [0.15, 0.2) is 60.8 Å². The molecule has 5 nitrogen and oxygen atoms in total. The summed E-state index contributed by atoms with van der Waals surface area (Å²) < 4.78 is 1.51. The molecule has 0 saturated carbocycles. The van der Waals surface area contributed by atoms with Crippen molar-refractivity contribution in [3.05, 3.63) is 66.4 Å². The summed E-state index contributed by atoms with van der Waals surface area (Å²) in [5.74, 6) is 0.183. The molecule has 0 spiro atoms. The van der Waals surface area contributed by atoms with Crippen LogP contribution in [0.25, 0.3) is 11.3 Å². The van der Waals surface area contributed by atoms with Crippen LogP contribution in [0, 0.1) is 0 Å². The van der Waals surface area contributed by atoms with Crippen LogP contribution in [0.5, 0.6) is 5.75 Å². The van der Waals surface area contributed by atoms with Crippen molar-refractivity contribution in [2.24, 2.45) is 0 Å². The summed E-state index contributed by atoms with van der Waals surface area (Å²) >= 11 is 0. The van der Waals surface area contributed by atoms with Gasteiger partial charge in [0, 0.05) is 11.1 Å². The first-order valence-electron chi connectivity index (χ1n) is 6.50. The van der Waals surface area contributed by atoms with E-state index in [1.54, 1.807) is 42.6 Å². The first-order chi connectivity index (χ1) is 10.2. The molecule has 1 heterocycles. The molecule has 0 aliphatic carbocycles. The smallest absolute Gasteiger partial charge is 0.184 e. The maximum absolute atomic E-state index is 12.1. The zero-order valence-corrected chi connectivity index (χ0v) is 11.2. The zero-order valence-electron chi connectivity index (χ0n) is 11.2. The van der Waals surface area contributed by atoms with Gasteiger partial charge in [-0.1, -0.05) is 35.5 Å². The number of benzene rings is 2. The Morgan fingerprint density at radius 3 is 2.48 bits per heavy atom. The Morgan fingerprint density at radius 1 is 1.05 bits per heavy atom. The Bertz CT molecular complexity index is 749. The van der Waals surface area contributed by atoms with Gasteiger partial charge in [-0.15, -0.1) is 5.10 Å². The highest BCUT2D eigenvalue weighted by molar-refractivity contribution is 5.95. The van der Waals surface area contributed by atoms with Gasteiger partial charge in [-0.05, 0) is 24.3 Å². The number of phenolic OH excluding ortho intramolecular Hbond substituents is 1. The van der Waals surface area contributed by atoms with E-state index in [0.29, 0.717) is 11.3 Å². The highest BCUT2D eigenvalue weighted by atomic mass is 16.3. The number of rotatable bonds is 4. The van der Waals surface area contributed by atoms with Gasteiger partial charge in [-0.2, -0.15) is 0 Å². The van der Waals surface area contributed by atoms with E-state index < -0.39 is 0 Å². The lowest BCUT2D eigenvalue weighted by Gasteiger charge is -2.00. The molecule has 0 unspecified atom stereocenters. The molecule has 0 bridgehead atoms. The minimum Gasteiger partial charge on any atom is -0.508 e. The van der Waals surface area contributed by atoms with Crippen LogP contribution in [-0.2, 0) is 6.54 Å². The van der Waals surface area contributed by atoms with Crippen LogP contribution in [0.1, 0.15) is 10.4 Å². The molecule has 1 aromatic heterocycles. The molecule has 104 valence electrons. The minimum atomic E-state index is -0.0160. The largest absolute Gasteiger partial charge is 0.508 e. The summed E-state index contributed by atoms with van der Waals surface area (Å²) in [5.41, 5.74) is 2.15. The lowest BCUT2D eigenvalue weighted by molar-refractivity contribution is 0.0967. The Balaban J connectivity index is 1.76. The molecule has 3 rings (SSSR count). The second-order valence-electron chi connectivity index (χ2n) is 4.64. The van der Waals surface area contributed by atoms with Gasteiger partial charge < -0.3 is 5.11 Å². The first kappa shape index (κ1) is 13.1. The van der Waals surface area contributed by atoms with Crippen molar-refractivity contribution < 1.29 is 9.90 Å².